The zero-order valence-corrected chi connectivity index (χ0v) is 11.5. The van der Waals surface area contributed by atoms with Crippen LogP contribution in [0.4, 0.5) is 8.78 Å². The van der Waals surface area contributed by atoms with Crippen molar-refractivity contribution >= 4 is 11.3 Å². The van der Waals surface area contributed by atoms with E-state index in [-0.39, 0.29) is 11.5 Å². The molecule has 5 heteroatoms. The monoisotopic (exact) mass is 304 g/mol. The summed E-state index contributed by atoms with van der Waals surface area (Å²) in [6.07, 6.45) is 0. The van der Waals surface area contributed by atoms with E-state index in [2.05, 4.69) is 0 Å². The quantitative estimate of drug-likeness (QED) is 0.716. The summed E-state index contributed by atoms with van der Waals surface area (Å²) in [5, 5.41) is 18.4. The average molecular weight is 304 g/mol. The third-order valence-electron chi connectivity index (χ3n) is 3.04. The number of thiophene rings is 1. The predicted octanol–water partition coefficient (Wildman–Crippen LogP) is 4.77. The molecule has 0 aliphatic heterocycles. The van der Waals surface area contributed by atoms with Gasteiger partial charge in [-0.15, -0.1) is 11.3 Å². The third kappa shape index (κ3) is 2.60. The maximum atomic E-state index is 13.8. The summed E-state index contributed by atoms with van der Waals surface area (Å²) in [5.74, 6) is -1.35. The number of phenols is 2. The molecule has 2 aromatic carbocycles. The molecule has 0 aliphatic carbocycles. The average Bonchev–Trinajstić information content (AvgIpc) is 2.87. The first kappa shape index (κ1) is 13.6. The van der Waals surface area contributed by atoms with Crippen molar-refractivity contribution in [1.29, 1.82) is 0 Å². The van der Waals surface area contributed by atoms with Crippen molar-refractivity contribution in [2.75, 3.05) is 0 Å². The van der Waals surface area contributed by atoms with E-state index in [1.165, 1.54) is 35.6 Å². The van der Waals surface area contributed by atoms with Crippen LogP contribution in [-0.2, 0) is 0 Å². The first-order valence-electron chi connectivity index (χ1n) is 6.12. The van der Waals surface area contributed by atoms with Crippen LogP contribution >= 0.6 is 11.3 Å². The minimum atomic E-state index is -0.533. The van der Waals surface area contributed by atoms with Gasteiger partial charge in [0.2, 0.25) is 0 Å². The Labute approximate surface area is 123 Å². The van der Waals surface area contributed by atoms with Gasteiger partial charge in [-0.05, 0) is 36.4 Å². The lowest BCUT2D eigenvalue weighted by molar-refractivity contribution is 0.469. The second-order valence-corrected chi connectivity index (χ2v) is 5.58. The van der Waals surface area contributed by atoms with Gasteiger partial charge < -0.3 is 10.2 Å². The number of rotatable bonds is 2. The van der Waals surface area contributed by atoms with E-state index < -0.39 is 11.6 Å². The maximum absolute atomic E-state index is 13.8. The molecule has 0 unspecified atom stereocenters. The lowest BCUT2D eigenvalue weighted by Gasteiger charge is -2.02. The Kier molecular flexibility index (Phi) is 3.35. The van der Waals surface area contributed by atoms with E-state index >= 15 is 0 Å². The summed E-state index contributed by atoms with van der Waals surface area (Å²) in [6, 6.07) is 11.2. The molecular formula is C16H10F2O2S. The summed E-state index contributed by atoms with van der Waals surface area (Å²) >= 11 is 1.24. The van der Waals surface area contributed by atoms with Crippen molar-refractivity contribution in [3.8, 4) is 32.4 Å². The van der Waals surface area contributed by atoms with E-state index in [0.29, 0.717) is 20.9 Å². The summed E-state index contributed by atoms with van der Waals surface area (Å²) < 4.78 is 27.6. The Morgan fingerprint density at radius 3 is 1.48 bits per heavy atom. The van der Waals surface area contributed by atoms with Gasteiger partial charge in [-0.3, -0.25) is 0 Å². The van der Waals surface area contributed by atoms with Crippen LogP contribution in [0.15, 0.2) is 48.5 Å². The molecule has 2 N–H and O–H groups in total. The molecule has 2 nitrogen and oxygen atoms in total. The van der Waals surface area contributed by atoms with Gasteiger partial charge >= 0.3 is 0 Å². The molecule has 0 fully saturated rings. The van der Waals surface area contributed by atoms with Crippen molar-refractivity contribution in [1.82, 2.24) is 0 Å². The van der Waals surface area contributed by atoms with Gasteiger partial charge in [0, 0.05) is 33.0 Å². The normalized spacial score (nSPS) is 10.8. The zero-order chi connectivity index (χ0) is 15.0. The topological polar surface area (TPSA) is 40.5 Å². The lowest BCUT2D eigenvalue weighted by atomic mass is 10.1. The Hall–Kier alpha value is -2.40. The molecule has 0 aliphatic rings. The molecule has 3 aromatic rings. The number of halogens is 2. The highest BCUT2D eigenvalue weighted by molar-refractivity contribution is 7.18. The maximum Gasteiger partial charge on any atom is 0.135 e. The largest absolute Gasteiger partial charge is 0.508 e. The fourth-order valence-corrected chi connectivity index (χ4v) is 3.10. The minimum Gasteiger partial charge on any atom is -0.508 e. The van der Waals surface area contributed by atoms with Crippen LogP contribution in [0.5, 0.6) is 11.5 Å². The smallest absolute Gasteiger partial charge is 0.135 e. The van der Waals surface area contributed by atoms with Crippen molar-refractivity contribution in [3.63, 3.8) is 0 Å². The van der Waals surface area contributed by atoms with Gasteiger partial charge in [-0.1, -0.05) is 0 Å². The first-order valence-corrected chi connectivity index (χ1v) is 6.94. The van der Waals surface area contributed by atoms with E-state index in [9.17, 15) is 19.0 Å². The molecular weight excluding hydrogens is 294 g/mol. The van der Waals surface area contributed by atoms with Crippen LogP contribution in [0.1, 0.15) is 0 Å². The molecule has 0 atom stereocenters. The van der Waals surface area contributed by atoms with E-state index in [1.807, 2.05) is 0 Å². The number of phenolic OH excluding ortho intramolecular Hbond substituents is 2. The molecule has 0 saturated heterocycles. The fourth-order valence-electron chi connectivity index (χ4n) is 2.04. The van der Waals surface area contributed by atoms with Crippen molar-refractivity contribution in [2.45, 2.75) is 0 Å². The Morgan fingerprint density at radius 1 is 0.667 bits per heavy atom. The zero-order valence-electron chi connectivity index (χ0n) is 10.7. The second-order valence-electron chi connectivity index (χ2n) is 4.49. The second kappa shape index (κ2) is 5.18. The molecule has 1 aromatic heterocycles. The number of hydrogen-bond acceptors (Lipinski definition) is 3. The Morgan fingerprint density at radius 2 is 1.10 bits per heavy atom. The molecule has 106 valence electrons. The minimum absolute atomic E-state index is 0.141. The highest BCUT2D eigenvalue weighted by Crippen LogP contribution is 2.37. The fraction of sp³-hybridized carbons (Fsp3) is 0. The summed E-state index contributed by atoms with van der Waals surface area (Å²) in [4.78, 5) is 1.27. The third-order valence-corrected chi connectivity index (χ3v) is 4.19. The van der Waals surface area contributed by atoms with Gasteiger partial charge in [-0.2, -0.15) is 0 Å². The molecule has 21 heavy (non-hydrogen) atoms. The van der Waals surface area contributed by atoms with Gasteiger partial charge in [0.1, 0.15) is 23.1 Å². The van der Waals surface area contributed by atoms with Crippen LogP contribution in [0.25, 0.3) is 20.9 Å². The predicted molar refractivity (Wildman–Crippen MR) is 78.4 cm³/mol. The molecule has 0 bridgehead atoms. The molecule has 3 rings (SSSR count). The molecule has 0 radical (unpaired) electrons. The summed E-state index contributed by atoms with van der Waals surface area (Å²) in [7, 11) is 0. The van der Waals surface area contributed by atoms with Crippen molar-refractivity contribution in [3.05, 3.63) is 60.2 Å². The molecule has 0 amide bonds. The molecule has 0 spiro atoms. The van der Waals surface area contributed by atoms with E-state index in [4.69, 9.17) is 0 Å². The van der Waals surface area contributed by atoms with Crippen LogP contribution in [0.3, 0.4) is 0 Å². The number of hydrogen-bond donors (Lipinski definition) is 2. The number of aromatic hydroxyl groups is 2. The molecule has 1 heterocycles. The SMILES string of the molecule is Oc1ccc(-c2ccc(-c3ccc(O)cc3F)s2)c(F)c1. The summed E-state index contributed by atoms with van der Waals surface area (Å²) in [6.45, 7) is 0. The van der Waals surface area contributed by atoms with Crippen molar-refractivity contribution < 1.29 is 19.0 Å². The Bertz CT molecular complexity index is 746. The van der Waals surface area contributed by atoms with Gasteiger partial charge in [0.05, 0.1) is 0 Å². The van der Waals surface area contributed by atoms with Crippen LogP contribution < -0.4 is 0 Å². The van der Waals surface area contributed by atoms with Crippen LogP contribution in [0.2, 0.25) is 0 Å². The van der Waals surface area contributed by atoms with Gasteiger partial charge in [0.15, 0.2) is 0 Å². The van der Waals surface area contributed by atoms with Gasteiger partial charge in [0.25, 0.3) is 0 Å². The highest BCUT2D eigenvalue weighted by atomic mass is 32.1. The number of benzene rings is 2. The van der Waals surface area contributed by atoms with Crippen LogP contribution in [-0.4, -0.2) is 10.2 Å². The Balaban J connectivity index is 2.03. The first-order chi connectivity index (χ1) is 10.0. The van der Waals surface area contributed by atoms with E-state index in [0.717, 1.165) is 12.1 Å². The molecule has 0 saturated carbocycles. The highest BCUT2D eigenvalue weighted by Gasteiger charge is 2.12. The summed E-state index contributed by atoms with van der Waals surface area (Å²) in [5.41, 5.74) is 0.700. The standard InChI is InChI=1S/C16H10F2O2S/c17-13-7-9(19)1-3-11(13)15-5-6-16(21-15)12-4-2-10(20)8-14(12)18/h1-8,19-20H. The lowest BCUT2D eigenvalue weighted by Crippen LogP contribution is -1.80. The van der Waals surface area contributed by atoms with Crippen molar-refractivity contribution in [2.24, 2.45) is 0 Å². The van der Waals surface area contributed by atoms with Gasteiger partial charge in [-0.25, -0.2) is 8.78 Å². The van der Waals surface area contributed by atoms with Crippen LogP contribution in [0, 0.1) is 11.6 Å². The van der Waals surface area contributed by atoms with E-state index in [1.54, 1.807) is 12.1 Å².